The summed E-state index contributed by atoms with van der Waals surface area (Å²) in [6.45, 7) is 1.61. The molecular formula is C12H9ClN4O3. The van der Waals surface area contributed by atoms with Gasteiger partial charge in [-0.2, -0.15) is 0 Å². The SMILES string of the molecule is Cc1cc([N+](=O)[O-])ccc1C(=O)Nc1nccc(Cl)n1. The molecule has 2 rings (SSSR count). The van der Waals surface area contributed by atoms with Gasteiger partial charge >= 0.3 is 0 Å². The number of amides is 1. The molecule has 1 N–H and O–H groups in total. The van der Waals surface area contributed by atoms with Crippen LogP contribution in [-0.4, -0.2) is 20.8 Å². The summed E-state index contributed by atoms with van der Waals surface area (Å²) >= 11 is 5.68. The molecule has 0 saturated carbocycles. The Labute approximate surface area is 118 Å². The first kappa shape index (κ1) is 13.9. The van der Waals surface area contributed by atoms with Gasteiger partial charge in [-0.1, -0.05) is 11.6 Å². The van der Waals surface area contributed by atoms with E-state index in [4.69, 9.17) is 11.6 Å². The molecule has 0 spiro atoms. The zero-order valence-electron chi connectivity index (χ0n) is 10.3. The van der Waals surface area contributed by atoms with Gasteiger partial charge in [-0.15, -0.1) is 0 Å². The Kier molecular flexibility index (Phi) is 3.90. The fraction of sp³-hybridized carbons (Fsp3) is 0.0833. The predicted octanol–water partition coefficient (Wildman–Crippen LogP) is 2.60. The minimum atomic E-state index is -0.519. The number of nitrogens with one attached hydrogen (secondary N) is 1. The number of carbonyl (C=O) groups is 1. The molecule has 20 heavy (non-hydrogen) atoms. The highest BCUT2D eigenvalue weighted by Gasteiger charge is 2.14. The van der Waals surface area contributed by atoms with Gasteiger partial charge in [0.15, 0.2) is 0 Å². The Balaban J connectivity index is 2.23. The molecule has 0 saturated heterocycles. The van der Waals surface area contributed by atoms with Crippen molar-refractivity contribution in [2.45, 2.75) is 6.92 Å². The molecule has 0 unspecified atom stereocenters. The maximum absolute atomic E-state index is 12.0. The number of carbonyl (C=O) groups excluding carboxylic acids is 1. The van der Waals surface area contributed by atoms with Gasteiger partial charge in [-0.3, -0.25) is 20.2 Å². The van der Waals surface area contributed by atoms with Gasteiger partial charge in [0.1, 0.15) is 5.15 Å². The lowest BCUT2D eigenvalue weighted by Gasteiger charge is -2.06. The van der Waals surface area contributed by atoms with Crippen LogP contribution in [0.1, 0.15) is 15.9 Å². The number of hydrogen-bond donors (Lipinski definition) is 1. The van der Waals surface area contributed by atoms with Crippen LogP contribution in [0.2, 0.25) is 5.15 Å². The lowest BCUT2D eigenvalue weighted by Crippen LogP contribution is -2.15. The van der Waals surface area contributed by atoms with Gasteiger partial charge in [0.05, 0.1) is 4.92 Å². The van der Waals surface area contributed by atoms with E-state index in [0.29, 0.717) is 11.1 Å². The molecular weight excluding hydrogens is 284 g/mol. The summed E-state index contributed by atoms with van der Waals surface area (Å²) in [7, 11) is 0. The molecule has 2 aromatic rings. The summed E-state index contributed by atoms with van der Waals surface area (Å²) in [5.41, 5.74) is 0.718. The van der Waals surface area contributed by atoms with Crippen molar-refractivity contribution in [2.75, 3.05) is 5.32 Å². The molecule has 0 aliphatic rings. The molecule has 0 bridgehead atoms. The lowest BCUT2D eigenvalue weighted by molar-refractivity contribution is -0.384. The number of nitro groups is 1. The zero-order valence-corrected chi connectivity index (χ0v) is 11.1. The van der Waals surface area contributed by atoms with E-state index < -0.39 is 10.8 Å². The molecule has 0 aliphatic carbocycles. The molecule has 1 aromatic carbocycles. The molecule has 1 aromatic heterocycles. The summed E-state index contributed by atoms with van der Waals surface area (Å²) in [6.07, 6.45) is 1.41. The van der Waals surface area contributed by atoms with Crippen LogP contribution < -0.4 is 5.32 Å². The second-order valence-corrected chi connectivity index (χ2v) is 4.30. The third-order valence-electron chi connectivity index (χ3n) is 2.51. The first-order valence-electron chi connectivity index (χ1n) is 5.52. The highest BCUT2D eigenvalue weighted by molar-refractivity contribution is 6.29. The van der Waals surface area contributed by atoms with E-state index in [0.717, 1.165) is 0 Å². The van der Waals surface area contributed by atoms with E-state index in [2.05, 4.69) is 15.3 Å². The predicted molar refractivity (Wildman–Crippen MR) is 72.8 cm³/mol. The number of non-ortho nitro benzene ring substituents is 1. The Morgan fingerprint density at radius 2 is 2.15 bits per heavy atom. The average molecular weight is 293 g/mol. The van der Waals surface area contributed by atoms with Crippen molar-refractivity contribution in [1.82, 2.24) is 9.97 Å². The topological polar surface area (TPSA) is 98.0 Å². The number of nitro benzene ring substituents is 1. The van der Waals surface area contributed by atoms with Gasteiger partial charge < -0.3 is 0 Å². The molecule has 0 radical (unpaired) electrons. The number of rotatable bonds is 3. The van der Waals surface area contributed by atoms with Crippen LogP contribution in [0.15, 0.2) is 30.5 Å². The third kappa shape index (κ3) is 3.07. The van der Waals surface area contributed by atoms with Crippen LogP contribution in [0, 0.1) is 17.0 Å². The van der Waals surface area contributed by atoms with Gasteiger partial charge in [-0.25, -0.2) is 9.97 Å². The van der Waals surface area contributed by atoms with E-state index in [9.17, 15) is 14.9 Å². The van der Waals surface area contributed by atoms with Crippen molar-refractivity contribution < 1.29 is 9.72 Å². The number of aryl methyl sites for hydroxylation is 1. The normalized spacial score (nSPS) is 10.1. The smallest absolute Gasteiger partial charge is 0.269 e. The Morgan fingerprint density at radius 1 is 1.40 bits per heavy atom. The van der Waals surface area contributed by atoms with E-state index in [1.54, 1.807) is 6.92 Å². The molecule has 8 heteroatoms. The molecule has 0 fully saturated rings. The molecule has 1 amide bonds. The van der Waals surface area contributed by atoms with Crippen LogP contribution in [0.3, 0.4) is 0 Å². The number of halogens is 1. The summed E-state index contributed by atoms with van der Waals surface area (Å²) < 4.78 is 0. The number of aromatic nitrogens is 2. The van der Waals surface area contributed by atoms with Crippen LogP contribution in [0.4, 0.5) is 11.6 Å². The third-order valence-corrected chi connectivity index (χ3v) is 2.72. The second-order valence-electron chi connectivity index (χ2n) is 3.91. The van der Waals surface area contributed by atoms with Crippen molar-refractivity contribution in [3.63, 3.8) is 0 Å². The summed E-state index contributed by atoms with van der Waals surface area (Å²) in [5.74, 6) is -0.389. The largest absolute Gasteiger partial charge is 0.290 e. The van der Waals surface area contributed by atoms with E-state index >= 15 is 0 Å². The van der Waals surface area contributed by atoms with Crippen LogP contribution in [0.25, 0.3) is 0 Å². The maximum Gasteiger partial charge on any atom is 0.269 e. The minimum Gasteiger partial charge on any atom is -0.290 e. The van der Waals surface area contributed by atoms with E-state index in [1.807, 2.05) is 0 Å². The summed E-state index contributed by atoms with van der Waals surface area (Å²) in [4.78, 5) is 29.8. The lowest BCUT2D eigenvalue weighted by atomic mass is 10.1. The highest BCUT2D eigenvalue weighted by atomic mass is 35.5. The second kappa shape index (κ2) is 5.62. The van der Waals surface area contributed by atoms with Crippen LogP contribution >= 0.6 is 11.6 Å². The van der Waals surface area contributed by atoms with Crippen LogP contribution in [-0.2, 0) is 0 Å². The average Bonchev–Trinajstić information content (AvgIpc) is 2.38. The van der Waals surface area contributed by atoms with Gasteiger partial charge in [0, 0.05) is 23.9 Å². The minimum absolute atomic E-state index is 0.0697. The highest BCUT2D eigenvalue weighted by Crippen LogP contribution is 2.18. The van der Waals surface area contributed by atoms with Crippen molar-refractivity contribution >= 4 is 29.1 Å². The zero-order chi connectivity index (χ0) is 14.7. The molecule has 102 valence electrons. The van der Waals surface area contributed by atoms with E-state index in [-0.39, 0.29) is 16.8 Å². The standard InChI is InChI=1S/C12H9ClN4O3/c1-7-6-8(17(19)20)2-3-9(7)11(18)16-12-14-5-4-10(13)15-12/h2-6H,1H3,(H,14,15,16,18). The number of hydrogen-bond acceptors (Lipinski definition) is 5. The van der Waals surface area contributed by atoms with Crippen molar-refractivity contribution in [3.8, 4) is 0 Å². The Hall–Kier alpha value is -2.54. The molecule has 0 aliphatic heterocycles. The number of benzene rings is 1. The fourth-order valence-electron chi connectivity index (χ4n) is 1.58. The molecule has 7 nitrogen and oxygen atoms in total. The molecule has 0 atom stereocenters. The maximum atomic E-state index is 12.0. The monoisotopic (exact) mass is 292 g/mol. The Morgan fingerprint density at radius 3 is 2.75 bits per heavy atom. The number of nitrogens with zero attached hydrogens (tertiary/aromatic N) is 3. The van der Waals surface area contributed by atoms with Crippen molar-refractivity contribution in [3.05, 3.63) is 56.9 Å². The Bertz CT molecular complexity index is 690. The van der Waals surface area contributed by atoms with Gasteiger partial charge in [0.25, 0.3) is 11.6 Å². The summed E-state index contributed by atoms with van der Waals surface area (Å²) in [6, 6.07) is 5.45. The first-order chi connectivity index (χ1) is 9.47. The van der Waals surface area contributed by atoms with Gasteiger partial charge in [-0.05, 0) is 24.6 Å². The van der Waals surface area contributed by atoms with Crippen LogP contribution in [0.5, 0.6) is 0 Å². The number of anilines is 1. The van der Waals surface area contributed by atoms with E-state index in [1.165, 1.54) is 30.5 Å². The van der Waals surface area contributed by atoms with Crippen molar-refractivity contribution in [1.29, 1.82) is 0 Å². The fourth-order valence-corrected chi connectivity index (χ4v) is 1.72. The molecule has 1 heterocycles. The van der Waals surface area contributed by atoms with Gasteiger partial charge in [0.2, 0.25) is 5.95 Å². The quantitative estimate of drug-likeness (QED) is 0.532. The van der Waals surface area contributed by atoms with Crippen molar-refractivity contribution in [2.24, 2.45) is 0 Å². The first-order valence-corrected chi connectivity index (χ1v) is 5.90. The summed E-state index contributed by atoms with van der Waals surface area (Å²) in [5, 5.41) is 13.3.